The molecular formula is C20H18F2N2O3S. The van der Waals surface area contributed by atoms with Gasteiger partial charge in [-0.3, -0.25) is 4.90 Å². The first kappa shape index (κ1) is 19.8. The summed E-state index contributed by atoms with van der Waals surface area (Å²) >= 11 is 5.51. The topological polar surface area (TPSA) is 50.8 Å². The van der Waals surface area contributed by atoms with Gasteiger partial charge in [-0.2, -0.15) is 0 Å². The number of ether oxygens (including phenoxy) is 2. The van der Waals surface area contributed by atoms with E-state index in [1.807, 2.05) is 12.1 Å². The lowest BCUT2D eigenvalue weighted by atomic mass is 9.94. The van der Waals surface area contributed by atoms with Crippen molar-refractivity contribution in [2.45, 2.75) is 13.0 Å². The van der Waals surface area contributed by atoms with Crippen LogP contribution >= 0.6 is 12.2 Å². The van der Waals surface area contributed by atoms with Gasteiger partial charge in [-0.25, -0.2) is 13.6 Å². The van der Waals surface area contributed by atoms with E-state index in [4.69, 9.17) is 21.7 Å². The molecule has 5 nitrogen and oxygen atoms in total. The Morgan fingerprint density at radius 3 is 2.50 bits per heavy atom. The van der Waals surface area contributed by atoms with E-state index in [-0.39, 0.29) is 10.7 Å². The smallest absolute Gasteiger partial charge is 0.337 e. The van der Waals surface area contributed by atoms with Gasteiger partial charge in [0, 0.05) is 5.70 Å². The number of thiocarbonyl (C=S) groups is 1. The second-order valence-corrected chi connectivity index (χ2v) is 6.44. The predicted octanol–water partition coefficient (Wildman–Crippen LogP) is 3.86. The Hall–Kier alpha value is -3.00. The van der Waals surface area contributed by atoms with E-state index in [1.54, 1.807) is 24.0 Å². The summed E-state index contributed by atoms with van der Waals surface area (Å²) in [4.78, 5) is 14.2. The molecule has 0 saturated heterocycles. The highest BCUT2D eigenvalue weighted by atomic mass is 32.1. The van der Waals surface area contributed by atoms with E-state index in [1.165, 1.54) is 20.3 Å². The number of halogens is 2. The number of benzene rings is 2. The van der Waals surface area contributed by atoms with Gasteiger partial charge < -0.3 is 14.8 Å². The molecule has 1 atom stereocenters. The normalized spacial score (nSPS) is 16.7. The lowest BCUT2D eigenvalue weighted by Crippen LogP contribution is -2.48. The van der Waals surface area contributed by atoms with Crippen LogP contribution < -0.4 is 15.0 Å². The number of hydrogen-bond acceptors (Lipinski definition) is 4. The quantitative estimate of drug-likeness (QED) is 0.617. The summed E-state index contributed by atoms with van der Waals surface area (Å²) < 4.78 is 37.5. The van der Waals surface area contributed by atoms with Gasteiger partial charge in [-0.15, -0.1) is 0 Å². The molecule has 0 unspecified atom stereocenters. The minimum atomic E-state index is -1.01. The van der Waals surface area contributed by atoms with Gasteiger partial charge in [-0.1, -0.05) is 18.2 Å². The molecule has 3 rings (SSSR count). The number of para-hydroxylation sites is 2. The standard InChI is InChI=1S/C20H18F2N2O3S/c1-11-17(19(25)27-3)18(12-8-9-13(21)14(22)10-12)23-20(28)24(11)15-6-4-5-7-16(15)26-2/h4-10,18H,1-3H3,(H,23,28)/t18-/m1/s1. The molecule has 0 aromatic heterocycles. The molecule has 0 amide bonds. The molecule has 146 valence electrons. The molecule has 2 aromatic rings. The van der Waals surface area contributed by atoms with Crippen molar-refractivity contribution in [1.29, 1.82) is 0 Å². The van der Waals surface area contributed by atoms with E-state index in [0.29, 0.717) is 22.7 Å². The van der Waals surface area contributed by atoms with Gasteiger partial charge in [0.05, 0.1) is 31.5 Å². The minimum absolute atomic E-state index is 0.230. The summed E-state index contributed by atoms with van der Waals surface area (Å²) in [5, 5.41) is 3.31. The lowest BCUT2D eigenvalue weighted by molar-refractivity contribution is -0.136. The summed E-state index contributed by atoms with van der Waals surface area (Å²) in [7, 11) is 2.79. The minimum Gasteiger partial charge on any atom is -0.495 e. The Kier molecular flexibility index (Phi) is 5.60. The molecule has 0 saturated carbocycles. The summed E-state index contributed by atoms with van der Waals surface area (Å²) in [6.07, 6.45) is 0. The number of carbonyl (C=O) groups is 1. The van der Waals surface area contributed by atoms with E-state index < -0.39 is 23.6 Å². The van der Waals surface area contributed by atoms with Crippen molar-refractivity contribution in [3.05, 3.63) is 70.9 Å². The van der Waals surface area contributed by atoms with E-state index in [2.05, 4.69) is 5.32 Å². The monoisotopic (exact) mass is 404 g/mol. The van der Waals surface area contributed by atoms with Crippen LogP contribution in [0.2, 0.25) is 0 Å². The van der Waals surface area contributed by atoms with Crippen molar-refractivity contribution in [1.82, 2.24) is 5.32 Å². The molecule has 0 bridgehead atoms. The van der Waals surface area contributed by atoms with E-state index in [9.17, 15) is 13.6 Å². The molecule has 0 radical (unpaired) electrons. The Labute approximate surface area is 166 Å². The van der Waals surface area contributed by atoms with Crippen molar-refractivity contribution in [2.24, 2.45) is 0 Å². The van der Waals surface area contributed by atoms with Crippen LogP contribution in [0.1, 0.15) is 18.5 Å². The number of anilines is 1. The van der Waals surface area contributed by atoms with E-state index >= 15 is 0 Å². The number of nitrogens with zero attached hydrogens (tertiary/aromatic N) is 1. The molecule has 8 heteroatoms. The second-order valence-electron chi connectivity index (χ2n) is 6.05. The van der Waals surface area contributed by atoms with Crippen LogP contribution in [-0.2, 0) is 9.53 Å². The summed E-state index contributed by atoms with van der Waals surface area (Å²) in [6.45, 7) is 1.71. The second kappa shape index (κ2) is 7.93. The SMILES string of the molecule is COC(=O)C1=C(C)N(c2ccccc2OC)C(=S)N[C@@H]1c1ccc(F)c(F)c1. The molecule has 0 spiro atoms. The molecule has 1 N–H and O–H groups in total. The number of nitrogens with one attached hydrogen (secondary N) is 1. The van der Waals surface area contributed by atoms with Crippen molar-refractivity contribution in [3.63, 3.8) is 0 Å². The average Bonchev–Trinajstić information content (AvgIpc) is 2.69. The maximum absolute atomic E-state index is 13.8. The fourth-order valence-corrected chi connectivity index (χ4v) is 3.52. The molecule has 2 aromatic carbocycles. The van der Waals surface area contributed by atoms with Gasteiger partial charge in [0.1, 0.15) is 5.75 Å². The zero-order valence-electron chi connectivity index (χ0n) is 15.5. The number of methoxy groups -OCH3 is 2. The van der Waals surface area contributed by atoms with Crippen LogP contribution in [-0.4, -0.2) is 25.3 Å². The van der Waals surface area contributed by atoms with Crippen molar-refractivity contribution in [2.75, 3.05) is 19.1 Å². The average molecular weight is 404 g/mol. The number of esters is 1. The Bertz CT molecular complexity index is 978. The van der Waals surface area contributed by atoms with Crippen molar-refractivity contribution < 1.29 is 23.0 Å². The van der Waals surface area contributed by atoms with Crippen LogP contribution in [0.4, 0.5) is 14.5 Å². The maximum atomic E-state index is 13.8. The van der Waals surface area contributed by atoms with Crippen molar-refractivity contribution >= 4 is 29.0 Å². The van der Waals surface area contributed by atoms with Crippen LogP contribution in [0.5, 0.6) is 5.75 Å². The molecule has 0 aliphatic carbocycles. The molecule has 1 aliphatic heterocycles. The number of rotatable bonds is 4. The first-order chi connectivity index (χ1) is 13.4. The summed E-state index contributed by atoms with van der Waals surface area (Å²) in [6, 6.07) is 9.83. The van der Waals surface area contributed by atoms with Gasteiger partial charge in [-0.05, 0) is 49.0 Å². The zero-order chi connectivity index (χ0) is 20.4. The van der Waals surface area contributed by atoms with Crippen LogP contribution in [0.25, 0.3) is 0 Å². The zero-order valence-corrected chi connectivity index (χ0v) is 16.3. The summed E-state index contributed by atoms with van der Waals surface area (Å²) in [5.41, 5.74) is 1.70. The Morgan fingerprint density at radius 2 is 1.86 bits per heavy atom. The Morgan fingerprint density at radius 1 is 1.14 bits per heavy atom. The third-order valence-electron chi connectivity index (χ3n) is 4.49. The molecule has 0 fully saturated rings. The van der Waals surface area contributed by atoms with E-state index in [0.717, 1.165) is 12.1 Å². The number of allylic oxidation sites excluding steroid dienone is 1. The third-order valence-corrected chi connectivity index (χ3v) is 4.79. The molecule has 1 heterocycles. The first-order valence-electron chi connectivity index (χ1n) is 8.36. The van der Waals surface area contributed by atoms with Gasteiger partial charge >= 0.3 is 5.97 Å². The van der Waals surface area contributed by atoms with Crippen LogP contribution in [0.3, 0.4) is 0 Å². The first-order valence-corrected chi connectivity index (χ1v) is 8.77. The fourth-order valence-electron chi connectivity index (χ4n) is 3.16. The fraction of sp³-hybridized carbons (Fsp3) is 0.200. The molecule has 28 heavy (non-hydrogen) atoms. The van der Waals surface area contributed by atoms with Crippen LogP contribution in [0.15, 0.2) is 53.7 Å². The number of hydrogen-bond donors (Lipinski definition) is 1. The van der Waals surface area contributed by atoms with Crippen LogP contribution in [0, 0.1) is 11.6 Å². The lowest BCUT2D eigenvalue weighted by Gasteiger charge is -2.37. The Balaban J connectivity index is 2.18. The highest BCUT2D eigenvalue weighted by Gasteiger charge is 2.36. The predicted molar refractivity (Wildman–Crippen MR) is 105 cm³/mol. The van der Waals surface area contributed by atoms with Gasteiger partial charge in [0.25, 0.3) is 0 Å². The maximum Gasteiger partial charge on any atom is 0.337 e. The molecular weight excluding hydrogens is 386 g/mol. The third kappa shape index (κ3) is 3.43. The summed E-state index contributed by atoms with van der Waals surface area (Å²) in [5.74, 6) is -2.04. The largest absolute Gasteiger partial charge is 0.495 e. The highest BCUT2D eigenvalue weighted by Crippen LogP contribution is 2.38. The number of carbonyl (C=O) groups excluding carboxylic acids is 1. The van der Waals surface area contributed by atoms with Gasteiger partial charge in [0.15, 0.2) is 16.7 Å². The highest BCUT2D eigenvalue weighted by molar-refractivity contribution is 7.80. The van der Waals surface area contributed by atoms with Crippen molar-refractivity contribution in [3.8, 4) is 5.75 Å². The molecule has 1 aliphatic rings. The van der Waals surface area contributed by atoms with Gasteiger partial charge in [0.2, 0.25) is 0 Å².